The zero-order valence-corrected chi connectivity index (χ0v) is 16.7. The highest BCUT2D eigenvalue weighted by molar-refractivity contribution is 7.92. The normalized spacial score (nSPS) is 11.5. The number of benzene rings is 2. The van der Waals surface area contributed by atoms with E-state index in [1.54, 1.807) is 24.3 Å². The van der Waals surface area contributed by atoms with Crippen LogP contribution in [0.4, 0.5) is 5.69 Å². The first-order chi connectivity index (χ1) is 12.1. The van der Waals surface area contributed by atoms with Crippen LogP contribution in [0.2, 0.25) is 0 Å². The molecule has 0 heterocycles. The van der Waals surface area contributed by atoms with Crippen molar-refractivity contribution in [1.82, 2.24) is 5.32 Å². The highest BCUT2D eigenvalue weighted by Gasteiger charge is 2.21. The SMILES string of the molecule is Cc1cccc(C)c1N(Cc1ccc(C(=O)NC(C)C)cc1)S(C)(=O)=O. The van der Waals surface area contributed by atoms with E-state index in [0.29, 0.717) is 11.3 Å². The topological polar surface area (TPSA) is 66.5 Å². The van der Waals surface area contributed by atoms with Crippen LogP contribution in [0, 0.1) is 13.8 Å². The molecule has 2 rings (SSSR count). The van der Waals surface area contributed by atoms with E-state index in [0.717, 1.165) is 16.7 Å². The maximum absolute atomic E-state index is 12.4. The van der Waals surface area contributed by atoms with Crippen LogP contribution in [0.5, 0.6) is 0 Å². The van der Waals surface area contributed by atoms with Gasteiger partial charge in [0.25, 0.3) is 5.91 Å². The third-order valence-corrected chi connectivity index (χ3v) is 5.16. The van der Waals surface area contributed by atoms with Crippen LogP contribution < -0.4 is 9.62 Å². The van der Waals surface area contributed by atoms with Gasteiger partial charge in [0.2, 0.25) is 10.0 Å². The van der Waals surface area contributed by atoms with Gasteiger partial charge < -0.3 is 5.32 Å². The molecular formula is C20H26N2O3S. The van der Waals surface area contributed by atoms with Crippen LogP contribution in [-0.2, 0) is 16.6 Å². The highest BCUT2D eigenvalue weighted by Crippen LogP contribution is 2.28. The highest BCUT2D eigenvalue weighted by atomic mass is 32.2. The molecule has 0 spiro atoms. The second-order valence-electron chi connectivity index (χ2n) is 6.84. The minimum atomic E-state index is -3.45. The van der Waals surface area contributed by atoms with Crippen molar-refractivity contribution < 1.29 is 13.2 Å². The lowest BCUT2D eigenvalue weighted by Gasteiger charge is -2.26. The summed E-state index contributed by atoms with van der Waals surface area (Å²) in [6.45, 7) is 7.83. The molecule has 0 saturated carbocycles. The molecule has 1 amide bonds. The summed E-state index contributed by atoms with van der Waals surface area (Å²) in [5.74, 6) is -0.138. The molecule has 2 aromatic carbocycles. The number of aryl methyl sites for hydroxylation is 2. The quantitative estimate of drug-likeness (QED) is 0.843. The van der Waals surface area contributed by atoms with E-state index < -0.39 is 10.0 Å². The second-order valence-corrected chi connectivity index (χ2v) is 8.74. The molecule has 0 aromatic heterocycles. The van der Waals surface area contributed by atoms with Crippen molar-refractivity contribution in [2.75, 3.05) is 10.6 Å². The Morgan fingerprint density at radius 2 is 1.58 bits per heavy atom. The number of sulfonamides is 1. The number of carbonyl (C=O) groups excluding carboxylic acids is 1. The van der Waals surface area contributed by atoms with Crippen LogP contribution in [0.1, 0.15) is 40.9 Å². The number of anilines is 1. The summed E-state index contributed by atoms with van der Waals surface area (Å²) >= 11 is 0. The number of nitrogens with one attached hydrogen (secondary N) is 1. The Bertz CT molecular complexity index is 868. The molecule has 5 nitrogen and oxygen atoms in total. The zero-order valence-electron chi connectivity index (χ0n) is 15.9. The van der Waals surface area contributed by atoms with Crippen molar-refractivity contribution in [3.05, 3.63) is 64.7 Å². The zero-order chi connectivity index (χ0) is 19.5. The van der Waals surface area contributed by atoms with E-state index in [2.05, 4.69) is 5.32 Å². The predicted molar refractivity (Wildman–Crippen MR) is 106 cm³/mol. The van der Waals surface area contributed by atoms with Crippen molar-refractivity contribution in [3.63, 3.8) is 0 Å². The third-order valence-electron chi connectivity index (χ3n) is 4.05. The summed E-state index contributed by atoms with van der Waals surface area (Å²) in [4.78, 5) is 12.0. The molecule has 6 heteroatoms. The molecule has 0 unspecified atom stereocenters. The van der Waals surface area contributed by atoms with E-state index in [1.807, 2.05) is 45.9 Å². The molecule has 140 valence electrons. The summed E-state index contributed by atoms with van der Waals surface area (Å²) in [6.07, 6.45) is 1.21. The van der Waals surface area contributed by atoms with Gasteiger partial charge in [-0.15, -0.1) is 0 Å². The lowest BCUT2D eigenvalue weighted by molar-refractivity contribution is 0.0943. The smallest absolute Gasteiger partial charge is 0.251 e. The van der Waals surface area contributed by atoms with Gasteiger partial charge in [0, 0.05) is 11.6 Å². The molecule has 0 aliphatic carbocycles. The van der Waals surface area contributed by atoms with Gasteiger partial charge in [0.1, 0.15) is 0 Å². The van der Waals surface area contributed by atoms with Gasteiger partial charge in [0.05, 0.1) is 18.5 Å². The standard InChI is InChI=1S/C20H26N2O3S/c1-14(2)21-20(23)18-11-9-17(10-12-18)13-22(26(5,24)25)19-15(3)7-6-8-16(19)4/h6-12,14H,13H2,1-5H3,(H,21,23). The maximum atomic E-state index is 12.4. The number of hydrogen-bond donors (Lipinski definition) is 1. The van der Waals surface area contributed by atoms with Gasteiger partial charge in [-0.05, 0) is 56.5 Å². The van der Waals surface area contributed by atoms with Gasteiger partial charge >= 0.3 is 0 Å². The Hall–Kier alpha value is -2.34. The molecule has 0 bridgehead atoms. The Kier molecular flexibility index (Phi) is 6.08. The Labute approximate surface area is 156 Å². The lowest BCUT2D eigenvalue weighted by Crippen LogP contribution is -2.31. The average molecular weight is 375 g/mol. The van der Waals surface area contributed by atoms with Crippen LogP contribution in [0.3, 0.4) is 0 Å². The van der Waals surface area contributed by atoms with E-state index in [1.165, 1.54) is 10.6 Å². The molecular weight excluding hydrogens is 348 g/mol. The number of hydrogen-bond acceptors (Lipinski definition) is 3. The third kappa shape index (κ3) is 4.85. The van der Waals surface area contributed by atoms with Crippen molar-refractivity contribution in [2.24, 2.45) is 0 Å². The fourth-order valence-corrected chi connectivity index (χ4v) is 3.84. The molecule has 0 fully saturated rings. The fourth-order valence-electron chi connectivity index (χ4n) is 2.83. The van der Waals surface area contributed by atoms with Crippen molar-refractivity contribution in [3.8, 4) is 0 Å². The average Bonchev–Trinajstić information content (AvgIpc) is 2.52. The number of rotatable bonds is 6. The second kappa shape index (κ2) is 7.91. The largest absolute Gasteiger partial charge is 0.350 e. The first-order valence-electron chi connectivity index (χ1n) is 8.53. The Morgan fingerprint density at radius 1 is 1.04 bits per heavy atom. The van der Waals surface area contributed by atoms with E-state index >= 15 is 0 Å². The minimum absolute atomic E-state index is 0.0620. The first-order valence-corrected chi connectivity index (χ1v) is 10.4. The number of amides is 1. The van der Waals surface area contributed by atoms with Gasteiger partial charge in [0.15, 0.2) is 0 Å². The monoisotopic (exact) mass is 374 g/mol. The molecule has 26 heavy (non-hydrogen) atoms. The van der Waals surface area contributed by atoms with Crippen molar-refractivity contribution >= 4 is 21.6 Å². The maximum Gasteiger partial charge on any atom is 0.251 e. The van der Waals surface area contributed by atoms with Gasteiger partial charge in [-0.2, -0.15) is 0 Å². The van der Waals surface area contributed by atoms with Crippen molar-refractivity contribution in [2.45, 2.75) is 40.3 Å². The van der Waals surface area contributed by atoms with Crippen molar-refractivity contribution in [1.29, 1.82) is 0 Å². The van der Waals surface area contributed by atoms with E-state index in [-0.39, 0.29) is 18.5 Å². The molecule has 0 atom stereocenters. The summed E-state index contributed by atoms with van der Waals surface area (Å²) in [7, 11) is -3.45. The molecule has 0 aliphatic rings. The van der Waals surface area contributed by atoms with Crippen LogP contribution in [0.25, 0.3) is 0 Å². The summed E-state index contributed by atoms with van der Waals surface area (Å²) in [5, 5.41) is 2.84. The van der Waals surface area contributed by atoms with Gasteiger partial charge in [-0.1, -0.05) is 30.3 Å². The summed E-state index contributed by atoms with van der Waals surface area (Å²) in [5.41, 5.74) is 3.89. The van der Waals surface area contributed by atoms with E-state index in [4.69, 9.17) is 0 Å². The summed E-state index contributed by atoms with van der Waals surface area (Å²) < 4.78 is 26.2. The number of para-hydroxylation sites is 1. The molecule has 0 radical (unpaired) electrons. The Balaban J connectivity index is 2.32. The van der Waals surface area contributed by atoms with E-state index in [9.17, 15) is 13.2 Å². The van der Waals surface area contributed by atoms with Crippen LogP contribution in [0.15, 0.2) is 42.5 Å². The van der Waals surface area contributed by atoms with Crippen LogP contribution in [-0.4, -0.2) is 26.6 Å². The summed E-state index contributed by atoms with van der Waals surface area (Å²) in [6, 6.07) is 12.8. The molecule has 0 saturated heterocycles. The number of nitrogens with zero attached hydrogens (tertiary/aromatic N) is 1. The van der Waals surface area contributed by atoms with Gasteiger partial charge in [-0.25, -0.2) is 8.42 Å². The number of carbonyl (C=O) groups is 1. The molecule has 2 aromatic rings. The fraction of sp³-hybridized carbons (Fsp3) is 0.350. The predicted octanol–water partition coefficient (Wildman–Crippen LogP) is 3.41. The molecule has 0 aliphatic heterocycles. The Morgan fingerprint density at radius 3 is 2.04 bits per heavy atom. The minimum Gasteiger partial charge on any atom is -0.350 e. The van der Waals surface area contributed by atoms with Crippen LogP contribution >= 0.6 is 0 Å². The lowest BCUT2D eigenvalue weighted by atomic mass is 10.1. The first kappa shape index (κ1) is 20.0. The van der Waals surface area contributed by atoms with Gasteiger partial charge in [-0.3, -0.25) is 9.10 Å². The molecule has 1 N–H and O–H groups in total.